The number of nitro benzene ring substituents is 1. The minimum atomic E-state index is -0.769. The molecule has 0 spiro atoms. The molecule has 0 heterocycles. The van der Waals surface area contributed by atoms with Gasteiger partial charge in [0.15, 0.2) is 12.4 Å². The molecule has 0 aromatic heterocycles. The van der Waals surface area contributed by atoms with Crippen LogP contribution in [0.5, 0.6) is 0 Å². The Balaban J connectivity index is 2.05. The lowest BCUT2D eigenvalue weighted by molar-refractivity contribution is -0.387. The second-order valence-electron chi connectivity index (χ2n) is 5.19. The average Bonchev–Trinajstić information content (AvgIpc) is 2.65. The summed E-state index contributed by atoms with van der Waals surface area (Å²) >= 11 is 1.21. The number of benzene rings is 2. The number of rotatable bonds is 7. The fraction of sp³-hybridized carbons (Fsp3) is 0.222. The Morgan fingerprint density at radius 2 is 1.76 bits per heavy atom. The molecule has 0 radical (unpaired) electrons. The van der Waals surface area contributed by atoms with Gasteiger partial charge in [-0.1, -0.05) is 31.2 Å². The zero-order valence-electron chi connectivity index (χ0n) is 13.9. The summed E-state index contributed by atoms with van der Waals surface area (Å²) in [6, 6.07) is 11.2. The number of esters is 1. The summed E-state index contributed by atoms with van der Waals surface area (Å²) in [5.41, 5.74) is 1.44. The maximum atomic E-state index is 12.1. The Morgan fingerprint density at radius 1 is 1.12 bits per heavy atom. The Labute approximate surface area is 149 Å². The molecule has 0 unspecified atom stereocenters. The van der Waals surface area contributed by atoms with Crippen LogP contribution in [0.2, 0.25) is 0 Å². The summed E-state index contributed by atoms with van der Waals surface area (Å²) in [5.74, 6) is -1.10. The van der Waals surface area contributed by atoms with Crippen LogP contribution in [0.4, 0.5) is 5.69 Å². The maximum Gasteiger partial charge on any atom is 0.338 e. The number of carbonyl (C=O) groups excluding carboxylic acids is 2. The zero-order chi connectivity index (χ0) is 18.4. The van der Waals surface area contributed by atoms with Gasteiger partial charge < -0.3 is 4.74 Å². The van der Waals surface area contributed by atoms with Crippen molar-refractivity contribution in [3.05, 3.63) is 69.3 Å². The highest BCUT2D eigenvalue weighted by Gasteiger charge is 2.18. The van der Waals surface area contributed by atoms with Gasteiger partial charge in [0.1, 0.15) is 0 Å². The first-order valence-corrected chi connectivity index (χ1v) is 8.80. The fourth-order valence-electron chi connectivity index (χ4n) is 2.18. The number of Topliss-reactive ketones (excluding diaryl/α,β-unsaturated/α-hetero) is 1. The second kappa shape index (κ2) is 8.43. The van der Waals surface area contributed by atoms with Crippen LogP contribution in [0, 0.1) is 10.1 Å². The molecular formula is C18H17NO5S. The molecule has 0 aliphatic heterocycles. The molecule has 0 N–H and O–H groups in total. The Hall–Kier alpha value is -2.67. The Morgan fingerprint density at radius 3 is 2.32 bits per heavy atom. The standard InChI is InChI=1S/C18H17NO5S/c1-3-12-4-6-13(7-5-12)16(20)11-24-18(21)14-8-9-17(25-2)15(10-14)19(22)23/h4-10H,3,11H2,1-2H3. The number of thioether (sulfide) groups is 1. The molecule has 0 saturated carbocycles. The number of nitrogens with zero attached hydrogens (tertiary/aromatic N) is 1. The first-order chi connectivity index (χ1) is 12.0. The van der Waals surface area contributed by atoms with Gasteiger partial charge in [0.05, 0.1) is 15.4 Å². The quantitative estimate of drug-likeness (QED) is 0.245. The smallest absolute Gasteiger partial charge is 0.338 e. The van der Waals surface area contributed by atoms with E-state index in [0.29, 0.717) is 10.5 Å². The largest absolute Gasteiger partial charge is 0.454 e. The lowest BCUT2D eigenvalue weighted by Gasteiger charge is -2.06. The van der Waals surface area contributed by atoms with Gasteiger partial charge in [-0.2, -0.15) is 0 Å². The van der Waals surface area contributed by atoms with Gasteiger partial charge in [0.2, 0.25) is 0 Å². The molecule has 0 bridgehead atoms. The number of hydrogen-bond donors (Lipinski definition) is 0. The molecular weight excluding hydrogens is 342 g/mol. The summed E-state index contributed by atoms with van der Waals surface area (Å²) in [5, 5.41) is 11.0. The summed E-state index contributed by atoms with van der Waals surface area (Å²) < 4.78 is 4.99. The zero-order valence-corrected chi connectivity index (χ0v) is 14.7. The van der Waals surface area contributed by atoms with Crippen LogP contribution in [-0.4, -0.2) is 29.5 Å². The van der Waals surface area contributed by atoms with Gasteiger partial charge in [-0.25, -0.2) is 4.79 Å². The van der Waals surface area contributed by atoms with Crippen LogP contribution in [0.25, 0.3) is 0 Å². The molecule has 25 heavy (non-hydrogen) atoms. The van der Waals surface area contributed by atoms with E-state index in [1.54, 1.807) is 18.4 Å². The molecule has 0 amide bonds. The fourth-order valence-corrected chi connectivity index (χ4v) is 2.73. The van der Waals surface area contributed by atoms with E-state index in [0.717, 1.165) is 18.1 Å². The van der Waals surface area contributed by atoms with Crippen LogP contribution in [0.15, 0.2) is 47.4 Å². The third kappa shape index (κ3) is 4.67. The van der Waals surface area contributed by atoms with Crippen LogP contribution < -0.4 is 0 Å². The van der Waals surface area contributed by atoms with Crippen molar-refractivity contribution in [1.82, 2.24) is 0 Å². The molecule has 2 aromatic rings. The van der Waals surface area contributed by atoms with Gasteiger partial charge in [0, 0.05) is 11.6 Å². The Kier molecular flexibility index (Phi) is 6.30. The van der Waals surface area contributed by atoms with E-state index in [-0.39, 0.29) is 17.0 Å². The van der Waals surface area contributed by atoms with Crippen molar-refractivity contribution in [2.75, 3.05) is 12.9 Å². The van der Waals surface area contributed by atoms with Crippen LogP contribution in [0.3, 0.4) is 0 Å². The minimum Gasteiger partial charge on any atom is -0.454 e. The van der Waals surface area contributed by atoms with E-state index >= 15 is 0 Å². The van der Waals surface area contributed by atoms with Crippen molar-refractivity contribution >= 4 is 29.2 Å². The first-order valence-electron chi connectivity index (χ1n) is 7.58. The summed E-state index contributed by atoms with van der Waals surface area (Å²) in [7, 11) is 0. The van der Waals surface area contributed by atoms with E-state index in [9.17, 15) is 19.7 Å². The van der Waals surface area contributed by atoms with Gasteiger partial charge in [-0.3, -0.25) is 14.9 Å². The number of ketones is 1. The van der Waals surface area contributed by atoms with Gasteiger partial charge in [0.25, 0.3) is 5.69 Å². The van der Waals surface area contributed by atoms with Gasteiger partial charge in [-0.15, -0.1) is 11.8 Å². The van der Waals surface area contributed by atoms with Crippen molar-refractivity contribution in [2.24, 2.45) is 0 Å². The molecule has 7 heteroatoms. The molecule has 0 aliphatic carbocycles. The van der Waals surface area contributed by atoms with E-state index in [1.165, 1.54) is 23.9 Å². The molecule has 2 aromatic carbocycles. The van der Waals surface area contributed by atoms with Crippen molar-refractivity contribution in [3.8, 4) is 0 Å². The summed E-state index contributed by atoms with van der Waals surface area (Å²) in [6.45, 7) is 1.60. The maximum absolute atomic E-state index is 12.1. The van der Waals surface area contributed by atoms with E-state index < -0.39 is 17.5 Å². The SMILES string of the molecule is CCc1ccc(C(=O)COC(=O)c2ccc(SC)c([N+](=O)[O-])c2)cc1. The topological polar surface area (TPSA) is 86.5 Å². The molecule has 2 rings (SSSR count). The van der Waals surface area contributed by atoms with Gasteiger partial charge >= 0.3 is 5.97 Å². The second-order valence-corrected chi connectivity index (χ2v) is 6.04. The highest BCUT2D eigenvalue weighted by Crippen LogP contribution is 2.28. The number of carbonyl (C=O) groups is 2. The van der Waals surface area contributed by atoms with Crippen LogP contribution in [0.1, 0.15) is 33.2 Å². The summed E-state index contributed by atoms with van der Waals surface area (Å²) in [6.07, 6.45) is 2.58. The lowest BCUT2D eigenvalue weighted by Crippen LogP contribution is -2.14. The minimum absolute atomic E-state index is 0.0404. The molecule has 0 fully saturated rings. The van der Waals surface area contributed by atoms with Crippen molar-refractivity contribution < 1.29 is 19.2 Å². The molecule has 6 nitrogen and oxygen atoms in total. The highest BCUT2D eigenvalue weighted by molar-refractivity contribution is 7.98. The third-order valence-corrected chi connectivity index (χ3v) is 4.41. The van der Waals surface area contributed by atoms with Crippen LogP contribution in [-0.2, 0) is 11.2 Å². The van der Waals surface area contributed by atoms with E-state index in [4.69, 9.17) is 4.74 Å². The number of ether oxygens (including phenoxy) is 1. The van der Waals surface area contributed by atoms with Crippen molar-refractivity contribution in [1.29, 1.82) is 0 Å². The van der Waals surface area contributed by atoms with Crippen molar-refractivity contribution in [3.63, 3.8) is 0 Å². The number of aryl methyl sites for hydroxylation is 1. The average molecular weight is 359 g/mol. The van der Waals surface area contributed by atoms with Crippen molar-refractivity contribution in [2.45, 2.75) is 18.2 Å². The number of nitro groups is 1. The predicted octanol–water partition coefficient (Wildman–Crippen LogP) is 3.92. The van der Waals surface area contributed by atoms with E-state index in [2.05, 4.69) is 0 Å². The van der Waals surface area contributed by atoms with Crippen LogP contribution >= 0.6 is 11.8 Å². The lowest BCUT2D eigenvalue weighted by atomic mass is 10.1. The summed E-state index contributed by atoms with van der Waals surface area (Å²) in [4.78, 5) is 35.1. The van der Waals surface area contributed by atoms with Gasteiger partial charge in [-0.05, 0) is 30.4 Å². The predicted molar refractivity (Wildman–Crippen MR) is 95.3 cm³/mol. The normalized spacial score (nSPS) is 10.3. The molecule has 0 aliphatic rings. The third-order valence-electron chi connectivity index (χ3n) is 3.63. The monoisotopic (exact) mass is 359 g/mol. The van der Waals surface area contributed by atoms with E-state index in [1.807, 2.05) is 19.1 Å². The Bertz CT molecular complexity index is 802. The first kappa shape index (κ1) is 18.7. The number of hydrogen-bond acceptors (Lipinski definition) is 6. The molecule has 0 atom stereocenters. The molecule has 0 saturated heterocycles. The highest BCUT2D eigenvalue weighted by atomic mass is 32.2. The molecule has 130 valence electrons.